The number of rotatable bonds is 12. The molecule has 4 heterocycles. The Bertz CT molecular complexity index is 2350. The second-order valence-electron chi connectivity index (χ2n) is 18.8. The number of nitrogens with zero attached hydrogens (tertiary/aromatic N) is 3. The molecule has 2 aromatic heterocycles. The fourth-order valence-corrected chi connectivity index (χ4v) is 13.8. The topological polar surface area (TPSA) is 157 Å². The number of methoxy groups -OCH3 is 1. The molecular formula is C49H63N4O8PS. The van der Waals surface area contributed by atoms with Gasteiger partial charge in [-0.15, -0.1) is 11.3 Å². The Morgan fingerprint density at radius 3 is 2.48 bits per heavy atom. The van der Waals surface area contributed by atoms with Gasteiger partial charge in [0.1, 0.15) is 29.4 Å². The van der Waals surface area contributed by atoms with Crippen molar-refractivity contribution in [3.63, 3.8) is 0 Å². The standard InChI is InChI=1S/C49H63N4O8PS/c1-31(2)50-48-52-42(30-63-48)41-25-45(39-21-20-37(59-4)23-40(39)51-41)60-38-24-43-44(54)27-49(62(57,58)29-34-16-11-10-14-32(34)3)26-35(49)17-9-7-5-6-8-15-33(47(56)53(43)28-38)22-46(55)61-36-18-12-13-19-36/h10-11,14,16,20-21,23,25,30-31,33,35-36,38,43H,5-9,12-13,15,17-19,22,24,26-29H2,1-4H3,(H,50,52)(H,57,58)/t33-,35+,38-,43+,49-/m1/s1. The Hall–Kier alpha value is -4.32. The molecule has 12 nitrogen and oxygen atoms in total. The molecule has 1 unspecified atom stereocenters. The minimum atomic E-state index is -3.91. The van der Waals surface area contributed by atoms with Crippen LogP contribution in [0.25, 0.3) is 22.3 Å². The van der Waals surface area contributed by atoms with Gasteiger partial charge in [-0.25, -0.2) is 9.97 Å². The van der Waals surface area contributed by atoms with E-state index in [9.17, 15) is 19.0 Å². The number of ether oxygens (including phenoxy) is 3. The number of benzene rings is 2. The molecule has 2 aliphatic carbocycles. The van der Waals surface area contributed by atoms with Crippen LogP contribution in [0.2, 0.25) is 0 Å². The van der Waals surface area contributed by atoms with Gasteiger partial charge < -0.3 is 29.3 Å². The zero-order valence-corrected chi connectivity index (χ0v) is 38.9. The minimum Gasteiger partial charge on any atom is -0.497 e. The Balaban J connectivity index is 1.13. The zero-order chi connectivity index (χ0) is 44.3. The third kappa shape index (κ3) is 10.3. The van der Waals surface area contributed by atoms with Crippen molar-refractivity contribution in [1.82, 2.24) is 14.9 Å². The number of carbonyl (C=O) groups excluding carboxylic acids is 3. The van der Waals surface area contributed by atoms with Gasteiger partial charge in [-0.1, -0.05) is 56.4 Å². The van der Waals surface area contributed by atoms with Gasteiger partial charge >= 0.3 is 5.97 Å². The summed E-state index contributed by atoms with van der Waals surface area (Å²) in [5.74, 6) is -0.405. The van der Waals surface area contributed by atoms with Crippen molar-refractivity contribution in [2.45, 2.75) is 153 Å². The molecule has 4 aliphatic rings. The van der Waals surface area contributed by atoms with Crippen molar-refractivity contribution in [1.29, 1.82) is 0 Å². The van der Waals surface area contributed by atoms with E-state index >= 15 is 4.79 Å². The van der Waals surface area contributed by atoms with E-state index in [1.54, 1.807) is 12.0 Å². The van der Waals surface area contributed by atoms with Crippen LogP contribution in [0.15, 0.2) is 53.9 Å². The van der Waals surface area contributed by atoms with Crippen LogP contribution < -0.4 is 14.8 Å². The van der Waals surface area contributed by atoms with Gasteiger partial charge in [0.25, 0.3) is 0 Å². The molecule has 2 aromatic carbocycles. The number of anilines is 1. The number of hydrogen-bond donors (Lipinski definition) is 2. The van der Waals surface area contributed by atoms with Crippen LogP contribution in [0.5, 0.6) is 11.5 Å². The fraction of sp³-hybridized carbons (Fsp3) is 0.571. The molecule has 1 amide bonds. The number of ketones is 1. The molecule has 2 N–H and O–H groups in total. The Morgan fingerprint density at radius 1 is 0.968 bits per heavy atom. The van der Waals surface area contributed by atoms with E-state index in [2.05, 4.69) is 19.2 Å². The number of pyridine rings is 1. The Morgan fingerprint density at radius 2 is 1.71 bits per heavy atom. The molecule has 8 rings (SSSR count). The van der Waals surface area contributed by atoms with Crippen LogP contribution in [0.3, 0.4) is 0 Å². The lowest BCUT2D eigenvalue weighted by Crippen LogP contribution is -2.45. The molecule has 0 spiro atoms. The first kappa shape index (κ1) is 45.3. The highest BCUT2D eigenvalue weighted by Gasteiger charge is 2.65. The highest BCUT2D eigenvalue weighted by Crippen LogP contribution is 2.75. The van der Waals surface area contributed by atoms with E-state index in [0.29, 0.717) is 41.2 Å². The fourth-order valence-electron chi connectivity index (χ4n) is 10.3. The van der Waals surface area contributed by atoms with Crippen molar-refractivity contribution in [3.8, 4) is 22.9 Å². The second kappa shape index (κ2) is 19.4. The molecule has 6 atom stereocenters. The van der Waals surface area contributed by atoms with Crippen LogP contribution in [0.1, 0.15) is 121 Å². The summed E-state index contributed by atoms with van der Waals surface area (Å²) in [5.41, 5.74) is 3.69. The first-order valence-corrected chi connectivity index (χ1v) is 25.8. The summed E-state index contributed by atoms with van der Waals surface area (Å²) in [6, 6.07) is 14.4. The minimum absolute atomic E-state index is 0.00390. The number of aromatic nitrogens is 2. The van der Waals surface area contributed by atoms with Crippen LogP contribution in [-0.4, -0.2) is 80.5 Å². The molecule has 0 radical (unpaired) electrons. The molecule has 63 heavy (non-hydrogen) atoms. The highest BCUT2D eigenvalue weighted by molar-refractivity contribution is 7.59. The monoisotopic (exact) mass is 898 g/mol. The number of nitrogens with one attached hydrogen (secondary N) is 1. The summed E-state index contributed by atoms with van der Waals surface area (Å²) >= 11 is 1.49. The highest BCUT2D eigenvalue weighted by atomic mass is 32.1. The first-order valence-electron chi connectivity index (χ1n) is 23.1. The number of fused-ring (bicyclic) bond motifs is 3. The van der Waals surface area contributed by atoms with E-state index in [1.165, 1.54) is 11.3 Å². The van der Waals surface area contributed by atoms with Crippen LogP contribution in [0, 0.1) is 18.8 Å². The SMILES string of the molecule is COc1ccc2c(O[C@@H]3C[C@H]4C(=O)C[C@]5(P(=O)(O)Cc6ccccc6C)C[C@@H]5CCCCCCC[C@H](CC(=O)OC5CCCC5)C(=O)N4C3)cc(-c3csc(NC(C)C)n3)nc2c1. The van der Waals surface area contributed by atoms with Gasteiger partial charge in [-0.05, 0) is 94.9 Å². The second-order valence-corrected chi connectivity index (χ2v) is 22.3. The molecule has 2 saturated carbocycles. The molecule has 4 fully saturated rings. The average molecular weight is 899 g/mol. The molecule has 14 heteroatoms. The molecule has 2 aliphatic heterocycles. The van der Waals surface area contributed by atoms with E-state index < -0.39 is 30.6 Å². The van der Waals surface area contributed by atoms with Crippen molar-refractivity contribution < 1.29 is 38.1 Å². The molecular weight excluding hydrogens is 836 g/mol. The summed E-state index contributed by atoms with van der Waals surface area (Å²) in [5, 5.41) is 5.76. The number of thiazole rings is 1. The summed E-state index contributed by atoms with van der Waals surface area (Å²) in [6.45, 7) is 6.18. The summed E-state index contributed by atoms with van der Waals surface area (Å²) < 4.78 is 33.1. The molecule has 4 aromatic rings. The van der Waals surface area contributed by atoms with Gasteiger partial charge in [0, 0.05) is 47.7 Å². The number of aryl methyl sites for hydroxylation is 1. The quantitative estimate of drug-likeness (QED) is 0.103. The largest absolute Gasteiger partial charge is 0.497 e. The Labute approximate surface area is 375 Å². The van der Waals surface area contributed by atoms with Gasteiger partial charge in [0.2, 0.25) is 13.3 Å². The predicted molar refractivity (Wildman–Crippen MR) is 247 cm³/mol. The third-order valence-electron chi connectivity index (χ3n) is 13.9. The Kier molecular flexibility index (Phi) is 14.0. The number of carbonyl (C=O) groups is 3. The third-order valence-corrected chi connectivity index (χ3v) is 17.5. The average Bonchev–Trinajstić information content (AvgIpc) is 3.66. The van der Waals surface area contributed by atoms with Crippen molar-refractivity contribution in [2.75, 3.05) is 19.0 Å². The van der Waals surface area contributed by atoms with Crippen molar-refractivity contribution >= 4 is 52.4 Å². The van der Waals surface area contributed by atoms with Crippen LogP contribution >= 0.6 is 18.7 Å². The maximum absolute atomic E-state index is 15.0. The number of hydrogen-bond acceptors (Lipinski definition) is 11. The van der Waals surface area contributed by atoms with Crippen LogP contribution in [0.4, 0.5) is 5.13 Å². The first-order chi connectivity index (χ1) is 30.3. The van der Waals surface area contributed by atoms with E-state index in [0.717, 1.165) is 85.9 Å². The lowest BCUT2D eigenvalue weighted by molar-refractivity contribution is -0.154. The maximum Gasteiger partial charge on any atom is 0.306 e. The van der Waals surface area contributed by atoms with E-state index in [4.69, 9.17) is 24.2 Å². The van der Waals surface area contributed by atoms with E-state index in [1.807, 2.05) is 60.8 Å². The van der Waals surface area contributed by atoms with Gasteiger partial charge in [-0.2, -0.15) is 0 Å². The maximum atomic E-state index is 15.0. The molecule has 338 valence electrons. The lowest BCUT2D eigenvalue weighted by atomic mass is 9.94. The lowest BCUT2D eigenvalue weighted by Gasteiger charge is -2.30. The predicted octanol–water partition coefficient (Wildman–Crippen LogP) is 10.3. The smallest absolute Gasteiger partial charge is 0.306 e. The van der Waals surface area contributed by atoms with Crippen LogP contribution in [-0.2, 0) is 29.8 Å². The van der Waals surface area contributed by atoms with Crippen molar-refractivity contribution in [2.24, 2.45) is 11.8 Å². The molecule has 0 bridgehead atoms. The van der Waals surface area contributed by atoms with Crippen molar-refractivity contribution in [3.05, 3.63) is 65.0 Å². The zero-order valence-electron chi connectivity index (χ0n) is 37.2. The number of amides is 1. The summed E-state index contributed by atoms with van der Waals surface area (Å²) in [4.78, 5) is 67.0. The van der Waals surface area contributed by atoms with Gasteiger partial charge in [0.15, 0.2) is 10.9 Å². The van der Waals surface area contributed by atoms with Gasteiger partial charge in [-0.3, -0.25) is 18.9 Å². The normalized spacial score (nSPS) is 25.8. The van der Waals surface area contributed by atoms with Gasteiger partial charge in [0.05, 0.1) is 48.6 Å². The number of Topliss-reactive ketones (excluding diaryl/α,β-unsaturated/α-hetero) is 1. The summed E-state index contributed by atoms with van der Waals surface area (Å²) in [7, 11) is -2.31. The van der Waals surface area contributed by atoms with E-state index in [-0.39, 0.29) is 67.7 Å². The number of esters is 1. The molecule has 2 saturated heterocycles. The summed E-state index contributed by atoms with van der Waals surface area (Å²) in [6.07, 6.45) is 9.42.